The molecule has 0 radical (unpaired) electrons. The number of nitrogens with two attached hydrogens (primary N) is 1. The largest absolute Gasteiger partial charge is 0.338 e. The molecule has 0 aromatic heterocycles. The van der Waals surface area contributed by atoms with Crippen molar-refractivity contribution in [1.29, 1.82) is 0 Å². The number of rotatable bonds is 2. The summed E-state index contributed by atoms with van der Waals surface area (Å²) < 4.78 is 0. The third kappa shape index (κ3) is 1.57. The van der Waals surface area contributed by atoms with Gasteiger partial charge in [0, 0.05) is 18.8 Å². The average molecular weight is 142 g/mol. The van der Waals surface area contributed by atoms with E-state index in [1.807, 2.05) is 13.8 Å². The third-order valence-corrected chi connectivity index (χ3v) is 2.10. The van der Waals surface area contributed by atoms with E-state index in [0.29, 0.717) is 11.8 Å². The molecule has 58 valence electrons. The fourth-order valence-corrected chi connectivity index (χ4v) is 1.46. The van der Waals surface area contributed by atoms with E-state index in [-0.39, 0.29) is 5.92 Å². The van der Waals surface area contributed by atoms with E-state index >= 15 is 0 Å². The van der Waals surface area contributed by atoms with Gasteiger partial charge in [0.15, 0.2) is 5.78 Å². The van der Waals surface area contributed by atoms with Crippen LogP contribution in [0.5, 0.6) is 0 Å². The fourth-order valence-electron chi connectivity index (χ4n) is 1.46. The van der Waals surface area contributed by atoms with Crippen molar-refractivity contribution in [3.05, 3.63) is 0 Å². The number of hydrogen-bond acceptors (Lipinski definition) is 1. The molecule has 2 heteroatoms. The van der Waals surface area contributed by atoms with Crippen LogP contribution >= 0.6 is 0 Å². The Balaban J connectivity index is 2.40. The van der Waals surface area contributed by atoms with Gasteiger partial charge in [0.25, 0.3) is 0 Å². The maximum atomic E-state index is 11.3. The van der Waals surface area contributed by atoms with Gasteiger partial charge in [-0.1, -0.05) is 13.8 Å². The molecule has 1 unspecified atom stereocenters. The first-order valence-electron chi connectivity index (χ1n) is 4.09. The molecule has 1 fully saturated rings. The van der Waals surface area contributed by atoms with Crippen molar-refractivity contribution in [1.82, 2.24) is 0 Å². The highest BCUT2D eigenvalue weighted by Crippen LogP contribution is 2.04. The molecular formula is C8H16NO+. The van der Waals surface area contributed by atoms with E-state index in [9.17, 15) is 4.79 Å². The second-order valence-electron chi connectivity index (χ2n) is 3.33. The van der Waals surface area contributed by atoms with Crippen LogP contribution in [0, 0.1) is 5.92 Å². The number of ketones is 1. The first kappa shape index (κ1) is 7.73. The van der Waals surface area contributed by atoms with Crippen LogP contribution in [0.1, 0.15) is 26.7 Å². The van der Waals surface area contributed by atoms with Crippen LogP contribution in [-0.4, -0.2) is 18.4 Å². The number of carbonyl (C=O) groups excluding carboxylic acids is 1. The Labute approximate surface area is 62.0 Å². The van der Waals surface area contributed by atoms with E-state index in [0.717, 1.165) is 13.0 Å². The van der Waals surface area contributed by atoms with Crippen molar-refractivity contribution >= 4 is 5.78 Å². The summed E-state index contributed by atoms with van der Waals surface area (Å²) in [5.41, 5.74) is 0. The summed E-state index contributed by atoms with van der Waals surface area (Å²) in [5, 5.41) is 2.17. The van der Waals surface area contributed by atoms with E-state index in [1.165, 1.54) is 6.42 Å². The van der Waals surface area contributed by atoms with Gasteiger partial charge in [0.05, 0.1) is 6.54 Å². The molecule has 0 saturated carbocycles. The van der Waals surface area contributed by atoms with Crippen LogP contribution < -0.4 is 5.32 Å². The molecule has 0 aliphatic carbocycles. The average Bonchev–Trinajstić information content (AvgIpc) is 2.36. The molecule has 10 heavy (non-hydrogen) atoms. The van der Waals surface area contributed by atoms with Crippen molar-refractivity contribution in [3.63, 3.8) is 0 Å². The molecule has 0 spiro atoms. The van der Waals surface area contributed by atoms with Gasteiger partial charge in [0.2, 0.25) is 0 Å². The summed E-state index contributed by atoms with van der Waals surface area (Å²) in [6.07, 6.45) is 2.31. The highest BCUT2D eigenvalue weighted by molar-refractivity contribution is 5.84. The molecule has 0 aromatic carbocycles. The zero-order valence-electron chi connectivity index (χ0n) is 6.76. The smallest absolute Gasteiger partial charge is 0.192 e. The lowest BCUT2D eigenvalue weighted by Crippen LogP contribution is -2.88. The van der Waals surface area contributed by atoms with E-state index in [4.69, 9.17) is 0 Å². The molecule has 0 aromatic rings. The van der Waals surface area contributed by atoms with Gasteiger partial charge < -0.3 is 5.32 Å². The van der Waals surface area contributed by atoms with E-state index in [1.54, 1.807) is 0 Å². The molecule has 1 aliphatic heterocycles. The molecule has 1 saturated heterocycles. The van der Waals surface area contributed by atoms with Crippen LogP contribution in [0.15, 0.2) is 0 Å². The summed E-state index contributed by atoms with van der Waals surface area (Å²) >= 11 is 0. The Hall–Kier alpha value is -0.370. The van der Waals surface area contributed by atoms with Crippen LogP contribution in [0.4, 0.5) is 0 Å². The van der Waals surface area contributed by atoms with Gasteiger partial charge in [-0.25, -0.2) is 0 Å². The molecule has 1 aliphatic rings. The second-order valence-corrected chi connectivity index (χ2v) is 3.33. The lowest BCUT2D eigenvalue weighted by atomic mass is 10.0. The highest BCUT2D eigenvalue weighted by atomic mass is 16.1. The fraction of sp³-hybridized carbons (Fsp3) is 0.875. The molecule has 2 N–H and O–H groups in total. The van der Waals surface area contributed by atoms with E-state index < -0.39 is 0 Å². The van der Waals surface area contributed by atoms with E-state index in [2.05, 4.69) is 5.32 Å². The molecule has 0 amide bonds. The van der Waals surface area contributed by atoms with Gasteiger partial charge in [-0.2, -0.15) is 0 Å². The predicted molar refractivity (Wildman–Crippen MR) is 39.7 cm³/mol. The Kier molecular flexibility index (Phi) is 2.44. The minimum absolute atomic E-state index is 0.222. The number of Topliss-reactive ketones (excluding diaryl/α,β-unsaturated/α-hetero) is 1. The first-order valence-corrected chi connectivity index (χ1v) is 4.09. The third-order valence-electron chi connectivity index (χ3n) is 2.10. The topological polar surface area (TPSA) is 33.7 Å². The lowest BCUT2D eigenvalue weighted by molar-refractivity contribution is -0.657. The standard InChI is InChI=1S/C8H15NO/c1-6(2)8(10)7-4-3-5-9-7/h6-7,9H,3-5H2,1-2H3/p+1. The summed E-state index contributed by atoms with van der Waals surface area (Å²) in [6, 6.07) is 0.292. The van der Waals surface area contributed by atoms with Gasteiger partial charge in [-0.05, 0) is 0 Å². The number of quaternary nitrogens is 1. The zero-order valence-corrected chi connectivity index (χ0v) is 6.76. The monoisotopic (exact) mass is 142 g/mol. The van der Waals surface area contributed by atoms with Crippen molar-refractivity contribution < 1.29 is 10.1 Å². The Morgan fingerprint density at radius 3 is 2.70 bits per heavy atom. The van der Waals surface area contributed by atoms with Crippen LogP contribution in [0.25, 0.3) is 0 Å². The molecule has 2 nitrogen and oxygen atoms in total. The molecule has 0 bridgehead atoms. The maximum absolute atomic E-state index is 11.3. The van der Waals surface area contributed by atoms with Crippen molar-refractivity contribution in [2.24, 2.45) is 5.92 Å². The molecule has 1 heterocycles. The number of hydrogen-bond donors (Lipinski definition) is 1. The van der Waals surface area contributed by atoms with Crippen LogP contribution in [0.3, 0.4) is 0 Å². The molecular weight excluding hydrogens is 126 g/mol. The Morgan fingerprint density at radius 1 is 1.60 bits per heavy atom. The SMILES string of the molecule is CC(C)C(=O)C1CCC[NH2+]1. The summed E-state index contributed by atoms with van der Waals surface area (Å²) in [7, 11) is 0. The van der Waals surface area contributed by atoms with Gasteiger partial charge in [-0.15, -0.1) is 0 Å². The van der Waals surface area contributed by atoms with Crippen molar-refractivity contribution in [2.45, 2.75) is 32.7 Å². The predicted octanol–water partition coefficient (Wildman–Crippen LogP) is -0.0627. The number of carbonyl (C=O) groups is 1. The zero-order chi connectivity index (χ0) is 7.56. The minimum Gasteiger partial charge on any atom is -0.338 e. The Bertz CT molecular complexity index is 125. The minimum atomic E-state index is 0.222. The summed E-state index contributed by atoms with van der Waals surface area (Å²) in [6.45, 7) is 5.10. The van der Waals surface area contributed by atoms with Crippen molar-refractivity contribution in [3.8, 4) is 0 Å². The highest BCUT2D eigenvalue weighted by Gasteiger charge is 2.27. The van der Waals surface area contributed by atoms with Gasteiger partial charge >= 0.3 is 0 Å². The summed E-state index contributed by atoms with van der Waals surface area (Å²) in [4.78, 5) is 11.3. The normalized spacial score (nSPS) is 25.7. The quantitative estimate of drug-likeness (QED) is 0.575. The van der Waals surface area contributed by atoms with Gasteiger partial charge in [0.1, 0.15) is 6.04 Å². The molecule has 1 atom stereocenters. The van der Waals surface area contributed by atoms with Crippen LogP contribution in [0.2, 0.25) is 0 Å². The summed E-state index contributed by atoms with van der Waals surface area (Å²) in [5.74, 6) is 0.650. The molecule has 1 rings (SSSR count). The second kappa shape index (κ2) is 3.15. The first-order chi connectivity index (χ1) is 4.72. The van der Waals surface area contributed by atoms with Crippen LogP contribution in [-0.2, 0) is 4.79 Å². The van der Waals surface area contributed by atoms with Crippen molar-refractivity contribution in [2.75, 3.05) is 6.54 Å². The maximum Gasteiger partial charge on any atom is 0.192 e. The van der Waals surface area contributed by atoms with Gasteiger partial charge in [-0.3, -0.25) is 4.79 Å². The Morgan fingerprint density at radius 2 is 2.30 bits per heavy atom. The lowest BCUT2D eigenvalue weighted by Gasteiger charge is -2.07.